The summed E-state index contributed by atoms with van der Waals surface area (Å²) in [4.78, 5) is 12.5. The molecule has 0 rings (SSSR count). The van der Waals surface area contributed by atoms with E-state index in [-0.39, 0.29) is 12.5 Å². The van der Waals surface area contributed by atoms with Crippen molar-refractivity contribution in [1.29, 1.82) is 0 Å². The predicted octanol–water partition coefficient (Wildman–Crippen LogP) is 22.7. The molecule has 0 radical (unpaired) electrons. The molecule has 0 spiro atoms. The topological polar surface area (TPSA) is 69.6 Å². The minimum Gasteiger partial charge on any atom is -0.394 e. The van der Waals surface area contributed by atoms with Gasteiger partial charge >= 0.3 is 0 Å². The maximum absolute atomic E-state index is 12.5. The van der Waals surface area contributed by atoms with Crippen LogP contribution in [0.3, 0.4) is 0 Å². The van der Waals surface area contributed by atoms with Crippen LogP contribution in [0.2, 0.25) is 0 Å². The first-order valence-electron chi connectivity index (χ1n) is 33.3. The fourth-order valence-corrected chi connectivity index (χ4v) is 10.1. The molecule has 0 aliphatic rings. The summed E-state index contributed by atoms with van der Waals surface area (Å²) < 4.78 is 0. The quantitative estimate of drug-likeness (QED) is 0.0420. The van der Waals surface area contributed by atoms with Crippen molar-refractivity contribution in [2.24, 2.45) is 0 Å². The molecule has 0 aromatic carbocycles. The molecule has 1 amide bonds. The molecule has 0 saturated carbocycles. The van der Waals surface area contributed by atoms with Gasteiger partial charge in [0.15, 0.2) is 0 Å². The molecule has 0 aromatic rings. The lowest BCUT2D eigenvalue weighted by Gasteiger charge is -2.19. The normalized spacial score (nSPS) is 13.3. The van der Waals surface area contributed by atoms with Gasteiger partial charge in [0.2, 0.25) is 5.91 Å². The number of nitrogens with one attached hydrogen (secondary N) is 1. The van der Waals surface area contributed by atoms with Crippen LogP contribution in [0.4, 0.5) is 0 Å². The molecule has 4 heteroatoms. The predicted molar refractivity (Wildman–Crippen MR) is 336 cm³/mol. The van der Waals surface area contributed by atoms with Gasteiger partial charge in [-0.25, -0.2) is 0 Å². The molecule has 0 aliphatic heterocycles. The second kappa shape index (κ2) is 65.9. The minimum atomic E-state index is -0.874. The highest BCUT2D eigenvalue weighted by molar-refractivity contribution is 5.76. The van der Waals surface area contributed by atoms with Gasteiger partial charge in [0, 0.05) is 6.42 Å². The van der Waals surface area contributed by atoms with E-state index < -0.39 is 12.1 Å². The molecule has 2 atom stereocenters. The summed E-state index contributed by atoms with van der Waals surface area (Å²) in [6.07, 6.45) is 96.6. The molecule has 0 fully saturated rings. The summed E-state index contributed by atoms with van der Waals surface area (Å²) in [6, 6.07) is -0.649. The van der Waals surface area contributed by atoms with E-state index in [0.717, 1.165) is 64.2 Å². The third-order valence-electron chi connectivity index (χ3n) is 15.1. The standard InChI is InChI=1S/C71H129NO3/c1-3-5-7-9-11-13-15-17-19-21-23-25-27-29-31-33-34-35-36-37-38-39-41-43-45-47-49-51-53-55-57-59-61-63-65-67-71(75)72-69(68-73)70(74)66-64-62-60-58-56-54-52-50-48-46-44-42-40-32-30-28-26-24-22-20-18-16-14-12-10-8-6-4-2/h5,7,11,13,17,19,23,25,48,50,56,58,64,66,69-70,73-74H,3-4,6,8-10,12,14-16,18,20-22,24,26-47,49,51-55,57,59-63,65,67-68H2,1-2H3,(H,72,75)/b7-5-,13-11-,19-17-,25-23-,50-48+,58-56+,66-64+. The van der Waals surface area contributed by atoms with E-state index in [9.17, 15) is 15.0 Å². The van der Waals surface area contributed by atoms with E-state index in [4.69, 9.17) is 0 Å². The zero-order valence-corrected chi connectivity index (χ0v) is 50.3. The number of carbonyl (C=O) groups is 1. The summed E-state index contributed by atoms with van der Waals surface area (Å²) in [7, 11) is 0. The molecule has 4 nitrogen and oxygen atoms in total. The average Bonchev–Trinajstić information content (AvgIpc) is 3.41. The van der Waals surface area contributed by atoms with Crippen LogP contribution in [-0.4, -0.2) is 34.9 Å². The van der Waals surface area contributed by atoms with Gasteiger partial charge in [0.25, 0.3) is 0 Å². The van der Waals surface area contributed by atoms with Crippen molar-refractivity contribution in [3.8, 4) is 0 Å². The summed E-state index contributed by atoms with van der Waals surface area (Å²) in [5, 5.41) is 23.2. The number of carbonyl (C=O) groups excluding carboxylic acids is 1. The lowest BCUT2D eigenvalue weighted by molar-refractivity contribution is -0.123. The first-order valence-corrected chi connectivity index (χ1v) is 33.3. The van der Waals surface area contributed by atoms with Crippen LogP contribution in [0.25, 0.3) is 0 Å². The third kappa shape index (κ3) is 62.3. The second-order valence-electron chi connectivity index (χ2n) is 22.5. The first kappa shape index (κ1) is 72.6. The average molecular weight is 1040 g/mol. The van der Waals surface area contributed by atoms with Gasteiger partial charge in [-0.2, -0.15) is 0 Å². The summed E-state index contributed by atoms with van der Waals surface area (Å²) >= 11 is 0. The Labute approximate surface area is 469 Å². The van der Waals surface area contributed by atoms with Gasteiger partial charge < -0.3 is 15.5 Å². The Morgan fingerprint density at radius 2 is 0.600 bits per heavy atom. The molecule has 0 saturated heterocycles. The lowest BCUT2D eigenvalue weighted by Crippen LogP contribution is -2.45. The number of unbranched alkanes of at least 4 members (excludes halogenated alkanes) is 42. The largest absolute Gasteiger partial charge is 0.394 e. The maximum atomic E-state index is 12.5. The Morgan fingerprint density at radius 3 is 0.933 bits per heavy atom. The van der Waals surface area contributed by atoms with Crippen molar-refractivity contribution in [2.75, 3.05) is 6.61 Å². The van der Waals surface area contributed by atoms with E-state index in [2.05, 4.69) is 92.1 Å². The van der Waals surface area contributed by atoms with E-state index >= 15 is 0 Å². The molecule has 0 bridgehead atoms. The summed E-state index contributed by atoms with van der Waals surface area (Å²) in [5.74, 6) is -0.0738. The third-order valence-corrected chi connectivity index (χ3v) is 15.1. The molecule has 2 unspecified atom stereocenters. The van der Waals surface area contributed by atoms with Crippen molar-refractivity contribution in [1.82, 2.24) is 5.32 Å². The van der Waals surface area contributed by atoms with Crippen LogP contribution >= 0.6 is 0 Å². The van der Waals surface area contributed by atoms with Crippen LogP contribution in [0, 0.1) is 0 Å². The number of amides is 1. The number of allylic oxidation sites excluding steroid dienone is 13. The highest BCUT2D eigenvalue weighted by atomic mass is 16.3. The molecule has 0 aliphatic carbocycles. The van der Waals surface area contributed by atoms with Crippen molar-refractivity contribution < 1.29 is 15.0 Å². The number of hydrogen-bond acceptors (Lipinski definition) is 3. The summed E-state index contributed by atoms with van der Waals surface area (Å²) in [5.41, 5.74) is 0. The van der Waals surface area contributed by atoms with E-state index in [1.165, 1.54) is 257 Å². The minimum absolute atomic E-state index is 0.0738. The molecular formula is C71H129NO3. The van der Waals surface area contributed by atoms with Gasteiger partial charge in [-0.05, 0) is 83.5 Å². The van der Waals surface area contributed by atoms with Gasteiger partial charge in [-0.3, -0.25) is 4.79 Å². The van der Waals surface area contributed by atoms with Crippen molar-refractivity contribution >= 4 is 5.91 Å². The van der Waals surface area contributed by atoms with Crippen LogP contribution in [0.15, 0.2) is 85.1 Å². The van der Waals surface area contributed by atoms with E-state index in [0.29, 0.717) is 6.42 Å². The Morgan fingerprint density at radius 1 is 0.333 bits per heavy atom. The number of hydrogen-bond donors (Lipinski definition) is 3. The monoisotopic (exact) mass is 1040 g/mol. The number of rotatable bonds is 61. The zero-order chi connectivity index (χ0) is 54.1. The van der Waals surface area contributed by atoms with E-state index in [1.54, 1.807) is 6.08 Å². The van der Waals surface area contributed by atoms with Gasteiger partial charge in [-0.15, -0.1) is 0 Å². The molecular weight excluding hydrogens is 915 g/mol. The van der Waals surface area contributed by atoms with Gasteiger partial charge in [0.1, 0.15) is 0 Å². The van der Waals surface area contributed by atoms with Crippen LogP contribution in [-0.2, 0) is 4.79 Å². The molecule has 3 N–H and O–H groups in total. The Bertz CT molecular complexity index is 1320. The zero-order valence-electron chi connectivity index (χ0n) is 50.3. The highest BCUT2D eigenvalue weighted by Gasteiger charge is 2.18. The Kier molecular flexibility index (Phi) is 63.7. The fraction of sp³-hybridized carbons (Fsp3) is 0.789. The highest BCUT2D eigenvalue weighted by Crippen LogP contribution is 2.18. The molecule has 0 aromatic heterocycles. The SMILES string of the molecule is CC/C=C\C/C=C\C/C=C\C/C=C\CCCCCCCCCCCCCCCCCCCCCCCCC(=O)NC(CO)C(O)/C=C/CC/C=C/CC/C=C/CCCCCCCCCCCCCCCCCCCC. The van der Waals surface area contributed by atoms with Gasteiger partial charge in [-0.1, -0.05) is 336 Å². The van der Waals surface area contributed by atoms with Crippen molar-refractivity contribution in [3.05, 3.63) is 85.1 Å². The van der Waals surface area contributed by atoms with Crippen molar-refractivity contribution in [3.63, 3.8) is 0 Å². The van der Waals surface area contributed by atoms with Crippen LogP contribution in [0.1, 0.15) is 341 Å². The Balaban J connectivity index is 3.49. The van der Waals surface area contributed by atoms with E-state index in [1.807, 2.05) is 6.08 Å². The summed E-state index contributed by atoms with van der Waals surface area (Å²) in [6.45, 7) is 4.21. The smallest absolute Gasteiger partial charge is 0.220 e. The lowest BCUT2D eigenvalue weighted by atomic mass is 10.0. The van der Waals surface area contributed by atoms with Crippen LogP contribution < -0.4 is 5.32 Å². The van der Waals surface area contributed by atoms with Crippen molar-refractivity contribution in [2.45, 2.75) is 353 Å². The van der Waals surface area contributed by atoms with Gasteiger partial charge in [0.05, 0.1) is 18.8 Å². The molecule has 75 heavy (non-hydrogen) atoms. The first-order chi connectivity index (χ1) is 37.2. The Hall–Kier alpha value is -2.43. The number of aliphatic hydroxyl groups is 2. The molecule has 0 heterocycles. The number of aliphatic hydroxyl groups excluding tert-OH is 2. The second-order valence-corrected chi connectivity index (χ2v) is 22.5. The fourth-order valence-electron chi connectivity index (χ4n) is 10.1. The van der Waals surface area contributed by atoms with Crippen LogP contribution in [0.5, 0.6) is 0 Å². The maximum Gasteiger partial charge on any atom is 0.220 e. The molecule has 436 valence electrons.